The zero-order valence-corrected chi connectivity index (χ0v) is 16.8. The Labute approximate surface area is 158 Å². The van der Waals surface area contributed by atoms with Crippen LogP contribution in [-0.4, -0.2) is 24.5 Å². The minimum atomic E-state index is 0.0329. The maximum atomic E-state index is 12.6. The van der Waals surface area contributed by atoms with Crippen LogP contribution in [0.5, 0.6) is 0 Å². The van der Waals surface area contributed by atoms with Gasteiger partial charge in [-0.3, -0.25) is 4.79 Å². The molecule has 0 fully saturated rings. The minimum absolute atomic E-state index is 0.0329. The van der Waals surface area contributed by atoms with Gasteiger partial charge in [0, 0.05) is 5.69 Å². The summed E-state index contributed by atoms with van der Waals surface area (Å²) >= 11 is 1.71. The fourth-order valence-electron chi connectivity index (χ4n) is 3.25. The summed E-state index contributed by atoms with van der Waals surface area (Å²) in [5, 5.41) is 4.16. The van der Waals surface area contributed by atoms with E-state index in [4.69, 9.17) is 4.98 Å². The van der Waals surface area contributed by atoms with Crippen LogP contribution in [-0.2, 0) is 4.79 Å². The number of benzene rings is 2. The number of aryl methyl sites for hydroxylation is 3. The number of rotatable bonds is 5. The monoisotopic (exact) mass is 368 g/mol. The number of carbonyl (C=O) groups is 1. The maximum Gasteiger partial charge on any atom is 0.279 e. The highest BCUT2D eigenvalue weighted by Crippen LogP contribution is 2.25. The number of amides is 1. The molecule has 0 saturated carbocycles. The molecule has 0 bridgehead atoms. The molecule has 0 radical (unpaired) electrons. The summed E-state index contributed by atoms with van der Waals surface area (Å²) in [6, 6.07) is 12.5. The summed E-state index contributed by atoms with van der Waals surface area (Å²) < 4.78 is 1.19. The second-order valence-corrected chi connectivity index (χ2v) is 8.15. The summed E-state index contributed by atoms with van der Waals surface area (Å²) in [6.45, 7) is 8.68. The molecule has 26 heavy (non-hydrogen) atoms. The van der Waals surface area contributed by atoms with Crippen molar-refractivity contribution >= 4 is 33.1 Å². The third-order valence-electron chi connectivity index (χ3n) is 4.80. The molecule has 0 aliphatic carbocycles. The van der Waals surface area contributed by atoms with Crippen molar-refractivity contribution in [2.75, 3.05) is 18.9 Å². The lowest BCUT2D eigenvalue weighted by atomic mass is 10.1. The average molecular weight is 369 g/mol. The number of nitrogens with one attached hydrogen (secondary N) is 2. The van der Waals surface area contributed by atoms with Gasteiger partial charge in [0.05, 0.1) is 17.3 Å². The zero-order chi connectivity index (χ0) is 18.8. The van der Waals surface area contributed by atoms with Crippen molar-refractivity contribution in [2.24, 2.45) is 0 Å². The van der Waals surface area contributed by atoms with Gasteiger partial charge in [0.1, 0.15) is 6.04 Å². The van der Waals surface area contributed by atoms with Crippen LogP contribution in [0.2, 0.25) is 0 Å². The normalized spacial score (nSPS) is 13.6. The van der Waals surface area contributed by atoms with Gasteiger partial charge >= 0.3 is 0 Å². The van der Waals surface area contributed by atoms with E-state index in [2.05, 4.69) is 37.4 Å². The highest BCUT2D eigenvalue weighted by atomic mass is 32.1. The molecule has 2 aromatic carbocycles. The van der Waals surface area contributed by atoms with Crippen LogP contribution in [0.1, 0.15) is 34.7 Å². The van der Waals surface area contributed by atoms with Crippen molar-refractivity contribution < 1.29 is 9.69 Å². The van der Waals surface area contributed by atoms with Crippen LogP contribution >= 0.6 is 11.3 Å². The first-order valence-corrected chi connectivity index (χ1v) is 9.72. The molecule has 0 aliphatic rings. The summed E-state index contributed by atoms with van der Waals surface area (Å²) in [5.41, 5.74) is 5.38. The van der Waals surface area contributed by atoms with E-state index >= 15 is 0 Å². The Morgan fingerprint density at radius 1 is 1.19 bits per heavy atom. The Morgan fingerprint density at radius 3 is 2.50 bits per heavy atom. The largest absolute Gasteiger partial charge is 0.322 e. The average Bonchev–Trinajstić information content (AvgIpc) is 3.01. The first kappa shape index (κ1) is 18.5. The number of fused-ring (bicyclic) bond motifs is 1. The predicted molar refractivity (Wildman–Crippen MR) is 109 cm³/mol. The second-order valence-electron chi connectivity index (χ2n) is 7.09. The maximum absolute atomic E-state index is 12.6. The van der Waals surface area contributed by atoms with Crippen molar-refractivity contribution in [1.82, 2.24) is 4.98 Å². The quantitative estimate of drug-likeness (QED) is 0.725. The van der Waals surface area contributed by atoms with Gasteiger partial charge in [0.2, 0.25) is 0 Å². The Balaban J connectivity index is 1.69. The third-order valence-corrected chi connectivity index (χ3v) is 6.02. The lowest BCUT2D eigenvalue weighted by Crippen LogP contribution is -3.10. The molecule has 0 spiro atoms. The van der Waals surface area contributed by atoms with Crippen molar-refractivity contribution in [3.8, 4) is 0 Å². The molecule has 0 saturated heterocycles. The fourth-order valence-corrected chi connectivity index (χ4v) is 4.37. The van der Waals surface area contributed by atoms with Crippen molar-refractivity contribution in [3.05, 3.63) is 58.1 Å². The number of thiazole rings is 1. The lowest BCUT2D eigenvalue weighted by molar-refractivity contribution is -0.902. The molecule has 4 nitrogen and oxygen atoms in total. The first-order chi connectivity index (χ1) is 12.3. The number of quaternary nitrogens is 1. The van der Waals surface area contributed by atoms with Gasteiger partial charge in [0.15, 0.2) is 11.6 Å². The second kappa shape index (κ2) is 7.56. The molecule has 3 rings (SSSR count). The standard InChI is InChI=1S/C21H25N3OS/c1-13-10-14(2)20(15(3)11-13)23-19(25)12-24(5)16(4)21-22-17-8-6-7-9-18(17)26-21/h6-11,16H,12H2,1-5H3,(H,23,25)/p+1/t16-/m1/s1. The van der Waals surface area contributed by atoms with Crippen LogP contribution in [0.25, 0.3) is 10.2 Å². The topological polar surface area (TPSA) is 46.4 Å². The van der Waals surface area contributed by atoms with Crippen LogP contribution in [0.3, 0.4) is 0 Å². The van der Waals surface area contributed by atoms with E-state index in [0.29, 0.717) is 6.54 Å². The number of hydrogen-bond acceptors (Lipinski definition) is 3. The molecular weight excluding hydrogens is 342 g/mol. The van der Waals surface area contributed by atoms with Gasteiger partial charge < -0.3 is 10.2 Å². The highest BCUT2D eigenvalue weighted by Gasteiger charge is 2.22. The van der Waals surface area contributed by atoms with Gasteiger partial charge in [-0.2, -0.15) is 0 Å². The van der Waals surface area contributed by atoms with Gasteiger partial charge in [-0.1, -0.05) is 29.8 Å². The first-order valence-electron chi connectivity index (χ1n) is 8.90. The third kappa shape index (κ3) is 3.94. The summed E-state index contributed by atoms with van der Waals surface area (Å²) in [6.07, 6.45) is 0. The summed E-state index contributed by atoms with van der Waals surface area (Å²) in [5.74, 6) is 0.0329. The van der Waals surface area contributed by atoms with E-state index < -0.39 is 0 Å². The number of hydrogen-bond donors (Lipinski definition) is 2. The van der Waals surface area contributed by atoms with Crippen molar-refractivity contribution in [1.29, 1.82) is 0 Å². The van der Waals surface area contributed by atoms with Gasteiger partial charge in [0.25, 0.3) is 5.91 Å². The molecular formula is C21H26N3OS+. The van der Waals surface area contributed by atoms with Gasteiger partial charge in [-0.15, -0.1) is 11.3 Å². The molecule has 1 heterocycles. The van der Waals surface area contributed by atoms with Gasteiger partial charge in [-0.25, -0.2) is 4.98 Å². The van der Waals surface area contributed by atoms with E-state index in [1.807, 2.05) is 39.1 Å². The molecule has 1 aromatic heterocycles. The molecule has 1 amide bonds. The van der Waals surface area contributed by atoms with Crippen LogP contribution in [0, 0.1) is 20.8 Å². The number of para-hydroxylation sites is 1. The molecule has 136 valence electrons. The Hall–Kier alpha value is -2.24. The van der Waals surface area contributed by atoms with E-state index in [1.54, 1.807) is 11.3 Å². The molecule has 1 unspecified atom stereocenters. The lowest BCUT2D eigenvalue weighted by Gasteiger charge is -2.20. The van der Waals surface area contributed by atoms with Crippen LogP contribution < -0.4 is 10.2 Å². The Bertz CT molecular complexity index is 891. The van der Waals surface area contributed by atoms with E-state index in [-0.39, 0.29) is 11.9 Å². The van der Waals surface area contributed by atoms with Gasteiger partial charge in [-0.05, 0) is 51.0 Å². The molecule has 3 aromatic rings. The number of aromatic nitrogens is 1. The smallest absolute Gasteiger partial charge is 0.279 e. The van der Waals surface area contributed by atoms with Crippen molar-refractivity contribution in [2.45, 2.75) is 33.7 Å². The number of likely N-dealkylation sites (N-methyl/N-ethyl adjacent to an activating group) is 1. The van der Waals surface area contributed by atoms with E-state index in [1.165, 1.54) is 10.3 Å². The van der Waals surface area contributed by atoms with Crippen LogP contribution in [0.15, 0.2) is 36.4 Å². The molecule has 2 N–H and O–H groups in total. The van der Waals surface area contributed by atoms with E-state index in [9.17, 15) is 4.79 Å². The van der Waals surface area contributed by atoms with E-state index in [0.717, 1.165) is 32.2 Å². The predicted octanol–water partition coefficient (Wildman–Crippen LogP) is 3.44. The number of anilines is 1. The Morgan fingerprint density at radius 2 is 1.85 bits per heavy atom. The molecule has 0 aliphatic heterocycles. The highest BCUT2D eigenvalue weighted by molar-refractivity contribution is 7.18. The Kier molecular flexibility index (Phi) is 5.39. The SMILES string of the molecule is Cc1cc(C)c(NC(=O)C[NH+](C)[C@H](C)c2nc3ccccc3s2)c(C)c1. The number of carbonyl (C=O) groups excluding carboxylic acids is 1. The minimum Gasteiger partial charge on any atom is -0.322 e. The summed E-state index contributed by atoms with van der Waals surface area (Å²) in [4.78, 5) is 18.4. The van der Waals surface area contributed by atoms with Crippen molar-refractivity contribution in [3.63, 3.8) is 0 Å². The number of nitrogens with zero attached hydrogens (tertiary/aromatic N) is 1. The molecule has 2 atom stereocenters. The molecule has 5 heteroatoms. The van der Waals surface area contributed by atoms with Crippen LogP contribution in [0.4, 0.5) is 5.69 Å². The summed E-state index contributed by atoms with van der Waals surface area (Å²) in [7, 11) is 2.05. The fraction of sp³-hybridized carbons (Fsp3) is 0.333. The zero-order valence-electron chi connectivity index (χ0n) is 16.0.